The SMILES string of the molecule is CCc1ccccc1NC(=O)CSc1nnc(-c2ccccc2Cl)n1N. The molecule has 0 saturated carbocycles. The number of amides is 1. The lowest BCUT2D eigenvalue weighted by Gasteiger charge is -2.09. The van der Waals surface area contributed by atoms with Gasteiger partial charge >= 0.3 is 0 Å². The number of carbonyl (C=O) groups is 1. The van der Waals surface area contributed by atoms with Crippen molar-refractivity contribution >= 4 is 35.0 Å². The van der Waals surface area contributed by atoms with Crippen molar-refractivity contribution in [3.05, 3.63) is 59.1 Å². The molecule has 0 spiro atoms. The normalized spacial score (nSPS) is 10.7. The van der Waals surface area contributed by atoms with Crippen LogP contribution in [0.1, 0.15) is 12.5 Å². The number of hydrogen-bond donors (Lipinski definition) is 2. The Morgan fingerprint density at radius 2 is 1.92 bits per heavy atom. The number of aryl methyl sites for hydroxylation is 1. The van der Waals surface area contributed by atoms with Crippen molar-refractivity contribution in [1.29, 1.82) is 0 Å². The number of nitrogen functional groups attached to an aromatic ring is 1. The lowest BCUT2D eigenvalue weighted by Crippen LogP contribution is -2.17. The molecule has 6 nitrogen and oxygen atoms in total. The van der Waals surface area contributed by atoms with Crippen molar-refractivity contribution < 1.29 is 4.79 Å². The van der Waals surface area contributed by atoms with Gasteiger partial charge in [0, 0.05) is 11.3 Å². The first-order chi connectivity index (χ1) is 12.6. The van der Waals surface area contributed by atoms with E-state index in [1.54, 1.807) is 6.07 Å². The molecule has 1 heterocycles. The van der Waals surface area contributed by atoms with Crippen LogP contribution in [0.25, 0.3) is 11.4 Å². The molecule has 134 valence electrons. The summed E-state index contributed by atoms with van der Waals surface area (Å²) in [4.78, 5) is 12.2. The third kappa shape index (κ3) is 4.00. The molecule has 0 radical (unpaired) electrons. The molecule has 0 unspecified atom stereocenters. The second-order valence-corrected chi connectivity index (χ2v) is 6.85. The fraction of sp³-hybridized carbons (Fsp3) is 0.167. The van der Waals surface area contributed by atoms with Crippen LogP contribution in [0.2, 0.25) is 5.02 Å². The molecule has 0 aliphatic carbocycles. The van der Waals surface area contributed by atoms with Gasteiger partial charge in [-0.15, -0.1) is 10.2 Å². The van der Waals surface area contributed by atoms with Gasteiger partial charge in [0.25, 0.3) is 0 Å². The van der Waals surface area contributed by atoms with E-state index in [1.807, 2.05) is 49.4 Å². The predicted octanol–water partition coefficient (Wildman–Crippen LogP) is 3.61. The second kappa shape index (κ2) is 8.25. The summed E-state index contributed by atoms with van der Waals surface area (Å²) in [5.74, 6) is 6.57. The first kappa shape index (κ1) is 18.3. The van der Waals surface area contributed by atoms with Gasteiger partial charge in [-0.2, -0.15) is 0 Å². The Balaban J connectivity index is 1.67. The van der Waals surface area contributed by atoms with E-state index in [0.29, 0.717) is 21.6 Å². The van der Waals surface area contributed by atoms with Crippen molar-refractivity contribution in [2.45, 2.75) is 18.5 Å². The molecule has 0 aliphatic heterocycles. The number of hydrogen-bond acceptors (Lipinski definition) is 5. The summed E-state index contributed by atoms with van der Waals surface area (Å²) in [5.41, 5.74) is 2.61. The summed E-state index contributed by atoms with van der Waals surface area (Å²) in [6.45, 7) is 2.05. The molecule has 3 aromatic rings. The summed E-state index contributed by atoms with van der Waals surface area (Å²) in [6, 6.07) is 15.0. The maximum absolute atomic E-state index is 12.2. The Labute approximate surface area is 160 Å². The first-order valence-electron chi connectivity index (χ1n) is 8.06. The molecule has 0 fully saturated rings. The number of rotatable bonds is 6. The number of halogens is 1. The highest BCUT2D eigenvalue weighted by Gasteiger charge is 2.16. The van der Waals surface area contributed by atoms with E-state index in [0.717, 1.165) is 17.7 Å². The van der Waals surface area contributed by atoms with Crippen molar-refractivity contribution in [2.75, 3.05) is 16.9 Å². The number of aromatic nitrogens is 3. The molecule has 0 bridgehead atoms. The largest absolute Gasteiger partial charge is 0.335 e. The van der Waals surface area contributed by atoms with Gasteiger partial charge in [-0.05, 0) is 30.2 Å². The molecule has 26 heavy (non-hydrogen) atoms. The van der Waals surface area contributed by atoms with Crippen LogP contribution in [0.4, 0.5) is 5.69 Å². The van der Waals surface area contributed by atoms with Crippen LogP contribution in [0, 0.1) is 0 Å². The van der Waals surface area contributed by atoms with Crippen molar-refractivity contribution in [1.82, 2.24) is 14.9 Å². The van der Waals surface area contributed by atoms with Gasteiger partial charge in [-0.1, -0.05) is 60.6 Å². The van der Waals surface area contributed by atoms with E-state index >= 15 is 0 Å². The van der Waals surface area contributed by atoms with Crippen molar-refractivity contribution in [3.63, 3.8) is 0 Å². The smallest absolute Gasteiger partial charge is 0.234 e. The van der Waals surface area contributed by atoms with E-state index in [1.165, 1.54) is 16.4 Å². The van der Waals surface area contributed by atoms with Gasteiger partial charge in [0.05, 0.1) is 10.8 Å². The van der Waals surface area contributed by atoms with Gasteiger partial charge in [-0.25, -0.2) is 4.68 Å². The van der Waals surface area contributed by atoms with Crippen molar-refractivity contribution in [2.24, 2.45) is 0 Å². The number of nitrogens with one attached hydrogen (secondary N) is 1. The zero-order valence-electron chi connectivity index (χ0n) is 14.1. The molecule has 1 amide bonds. The molecule has 0 saturated heterocycles. The fourth-order valence-electron chi connectivity index (χ4n) is 2.47. The molecule has 3 N–H and O–H groups in total. The zero-order chi connectivity index (χ0) is 18.5. The minimum atomic E-state index is -0.127. The standard InChI is InChI=1S/C18H18ClN5OS/c1-2-12-7-3-6-10-15(12)21-16(25)11-26-18-23-22-17(24(18)20)13-8-4-5-9-14(13)19/h3-10H,2,11,20H2,1H3,(H,21,25). The van der Waals surface area contributed by atoms with Crippen LogP contribution in [0.3, 0.4) is 0 Å². The number of nitrogens with zero attached hydrogens (tertiary/aromatic N) is 3. The molecule has 8 heteroatoms. The van der Waals surface area contributed by atoms with Crippen LogP contribution in [0.5, 0.6) is 0 Å². The average molecular weight is 388 g/mol. The van der Waals surface area contributed by atoms with E-state index < -0.39 is 0 Å². The molecule has 0 aliphatic rings. The molecular weight excluding hydrogens is 370 g/mol. The Hall–Kier alpha value is -2.51. The Morgan fingerprint density at radius 3 is 2.69 bits per heavy atom. The van der Waals surface area contributed by atoms with Crippen LogP contribution < -0.4 is 11.2 Å². The topological polar surface area (TPSA) is 85.8 Å². The average Bonchev–Trinajstić information content (AvgIpc) is 3.01. The summed E-state index contributed by atoms with van der Waals surface area (Å²) < 4.78 is 1.35. The van der Waals surface area contributed by atoms with Crippen LogP contribution >= 0.6 is 23.4 Å². The van der Waals surface area contributed by atoms with E-state index in [9.17, 15) is 4.79 Å². The monoisotopic (exact) mass is 387 g/mol. The molecule has 3 rings (SSSR count). The summed E-state index contributed by atoms with van der Waals surface area (Å²) in [7, 11) is 0. The van der Waals surface area contributed by atoms with Gasteiger partial charge in [0.2, 0.25) is 11.1 Å². The predicted molar refractivity (Wildman–Crippen MR) is 106 cm³/mol. The van der Waals surface area contributed by atoms with Crippen LogP contribution in [-0.2, 0) is 11.2 Å². The van der Waals surface area contributed by atoms with Gasteiger partial charge < -0.3 is 11.2 Å². The minimum Gasteiger partial charge on any atom is -0.335 e. The highest BCUT2D eigenvalue weighted by Crippen LogP contribution is 2.27. The highest BCUT2D eigenvalue weighted by molar-refractivity contribution is 7.99. The van der Waals surface area contributed by atoms with E-state index in [2.05, 4.69) is 15.5 Å². The third-order valence-electron chi connectivity index (χ3n) is 3.78. The van der Waals surface area contributed by atoms with E-state index in [4.69, 9.17) is 17.4 Å². The molecule has 1 aromatic heterocycles. The van der Waals surface area contributed by atoms with E-state index in [-0.39, 0.29) is 11.7 Å². The Bertz CT molecular complexity index is 927. The molecule has 2 aromatic carbocycles. The molecule has 0 atom stereocenters. The quantitative estimate of drug-likeness (QED) is 0.498. The summed E-state index contributed by atoms with van der Waals surface area (Å²) in [6.07, 6.45) is 0.849. The maximum Gasteiger partial charge on any atom is 0.234 e. The Morgan fingerprint density at radius 1 is 1.19 bits per heavy atom. The zero-order valence-corrected chi connectivity index (χ0v) is 15.7. The lowest BCUT2D eigenvalue weighted by atomic mass is 10.1. The van der Waals surface area contributed by atoms with Crippen LogP contribution in [-0.4, -0.2) is 26.5 Å². The third-order valence-corrected chi connectivity index (χ3v) is 5.06. The summed E-state index contributed by atoms with van der Waals surface area (Å²) in [5, 5.41) is 12.0. The summed E-state index contributed by atoms with van der Waals surface area (Å²) >= 11 is 7.40. The number of nitrogens with two attached hydrogens (primary N) is 1. The van der Waals surface area contributed by atoms with Gasteiger partial charge in [0.15, 0.2) is 5.82 Å². The first-order valence-corrected chi connectivity index (χ1v) is 9.42. The molecular formula is C18H18ClN5OS. The minimum absolute atomic E-state index is 0.127. The van der Waals surface area contributed by atoms with Gasteiger partial charge in [0.1, 0.15) is 0 Å². The second-order valence-electron chi connectivity index (χ2n) is 5.50. The van der Waals surface area contributed by atoms with Crippen LogP contribution in [0.15, 0.2) is 53.7 Å². The Kier molecular flexibility index (Phi) is 5.80. The number of benzene rings is 2. The van der Waals surface area contributed by atoms with Crippen molar-refractivity contribution in [3.8, 4) is 11.4 Å². The fourth-order valence-corrected chi connectivity index (χ4v) is 3.35. The maximum atomic E-state index is 12.2. The number of thioether (sulfide) groups is 1. The number of para-hydroxylation sites is 1. The van der Waals surface area contributed by atoms with Gasteiger partial charge in [-0.3, -0.25) is 4.79 Å². The number of anilines is 1. The highest BCUT2D eigenvalue weighted by atomic mass is 35.5. The lowest BCUT2D eigenvalue weighted by molar-refractivity contribution is -0.113. The number of carbonyl (C=O) groups excluding carboxylic acids is 1.